The van der Waals surface area contributed by atoms with Gasteiger partial charge in [0.2, 0.25) is 0 Å². The van der Waals surface area contributed by atoms with E-state index in [0.717, 1.165) is 12.1 Å². The number of hydrogen-bond acceptors (Lipinski definition) is 3. The highest BCUT2D eigenvalue weighted by atomic mass is 127. The molecule has 2 rings (SSSR count). The molecule has 146 valence electrons. The Morgan fingerprint density at radius 2 is 2.00 bits per heavy atom. The number of rotatable bonds is 7. The Morgan fingerprint density at radius 3 is 2.69 bits per heavy atom. The first-order chi connectivity index (χ1) is 12.0. The van der Waals surface area contributed by atoms with E-state index < -0.39 is 0 Å². The predicted molar refractivity (Wildman–Crippen MR) is 118 cm³/mol. The molecule has 0 heterocycles. The number of nitrogens with zero attached hydrogens (tertiary/aromatic N) is 2. The fourth-order valence-corrected chi connectivity index (χ4v) is 2.98. The second-order valence-corrected chi connectivity index (χ2v) is 6.94. The molecule has 1 saturated carbocycles. The van der Waals surface area contributed by atoms with Gasteiger partial charge >= 0.3 is 0 Å². The molecule has 1 aliphatic rings. The molecule has 0 aromatic heterocycles. The molecule has 0 unspecified atom stereocenters. The Balaban J connectivity index is 0.00000338. The van der Waals surface area contributed by atoms with Gasteiger partial charge in [-0.05, 0) is 44.6 Å². The van der Waals surface area contributed by atoms with Crippen LogP contribution in [-0.4, -0.2) is 50.0 Å². The van der Waals surface area contributed by atoms with Gasteiger partial charge in [-0.15, -0.1) is 24.0 Å². The second-order valence-electron chi connectivity index (χ2n) is 6.94. The van der Waals surface area contributed by atoms with Crippen molar-refractivity contribution in [2.75, 3.05) is 27.2 Å². The minimum Gasteiger partial charge on any atom is -0.370 e. The number of likely N-dealkylation sites (N-methyl/N-ethyl adjacent to an activating group) is 1. The summed E-state index contributed by atoms with van der Waals surface area (Å²) < 4.78 is 0. The minimum atomic E-state index is -0.0546. The van der Waals surface area contributed by atoms with Crippen molar-refractivity contribution in [2.45, 2.75) is 44.7 Å². The van der Waals surface area contributed by atoms with Crippen LogP contribution in [0, 0.1) is 0 Å². The van der Waals surface area contributed by atoms with E-state index in [2.05, 4.69) is 15.6 Å². The lowest BCUT2D eigenvalue weighted by atomic mass is 9.96. The first kappa shape index (κ1) is 22.7. The van der Waals surface area contributed by atoms with E-state index in [9.17, 15) is 4.79 Å². The van der Waals surface area contributed by atoms with Crippen LogP contribution in [0.2, 0.25) is 0 Å². The molecule has 7 heteroatoms. The Labute approximate surface area is 174 Å². The van der Waals surface area contributed by atoms with Crippen LogP contribution in [0.5, 0.6) is 0 Å². The fourth-order valence-electron chi connectivity index (χ4n) is 2.98. The number of halogens is 1. The summed E-state index contributed by atoms with van der Waals surface area (Å²) in [5, 5.41) is 6.23. The number of carbonyl (C=O) groups is 1. The molecule has 0 radical (unpaired) electrons. The quantitative estimate of drug-likeness (QED) is 0.323. The van der Waals surface area contributed by atoms with E-state index >= 15 is 0 Å². The summed E-state index contributed by atoms with van der Waals surface area (Å²) in [4.78, 5) is 18.6. The number of nitrogens with one attached hydrogen (secondary N) is 2. The van der Waals surface area contributed by atoms with E-state index in [4.69, 9.17) is 5.73 Å². The zero-order valence-electron chi connectivity index (χ0n) is 15.8. The summed E-state index contributed by atoms with van der Waals surface area (Å²) >= 11 is 0. The molecular weight excluding hydrogens is 441 g/mol. The van der Waals surface area contributed by atoms with Gasteiger partial charge in [0.05, 0.1) is 6.54 Å². The van der Waals surface area contributed by atoms with Gasteiger partial charge in [0, 0.05) is 24.7 Å². The molecule has 1 aromatic rings. The molecule has 0 bridgehead atoms. The van der Waals surface area contributed by atoms with E-state index in [1.54, 1.807) is 0 Å². The number of aliphatic imine (C=N–C) groups is 1. The number of nitrogens with two attached hydrogens (primary N) is 1. The fraction of sp³-hybridized carbons (Fsp3) is 0.579. The number of carbonyl (C=O) groups excluding carboxylic acids is 1. The van der Waals surface area contributed by atoms with Crippen molar-refractivity contribution < 1.29 is 4.79 Å². The first-order valence-electron chi connectivity index (χ1n) is 9.13. The van der Waals surface area contributed by atoms with Crippen molar-refractivity contribution in [2.24, 2.45) is 10.7 Å². The maximum Gasteiger partial charge on any atom is 0.251 e. The van der Waals surface area contributed by atoms with Gasteiger partial charge in [0.1, 0.15) is 0 Å². The Morgan fingerprint density at radius 1 is 1.27 bits per heavy atom. The summed E-state index contributed by atoms with van der Waals surface area (Å²) in [7, 11) is 3.97. The highest BCUT2D eigenvalue weighted by Gasteiger charge is 2.13. The maximum atomic E-state index is 12.2. The topological polar surface area (TPSA) is 82.8 Å². The molecule has 4 N–H and O–H groups in total. The normalized spacial score (nSPS) is 15.4. The largest absolute Gasteiger partial charge is 0.370 e. The average molecular weight is 473 g/mol. The van der Waals surface area contributed by atoms with Gasteiger partial charge < -0.3 is 21.3 Å². The lowest BCUT2D eigenvalue weighted by Crippen LogP contribution is -2.41. The third-order valence-corrected chi connectivity index (χ3v) is 4.42. The van der Waals surface area contributed by atoms with Crippen LogP contribution < -0.4 is 16.4 Å². The zero-order chi connectivity index (χ0) is 18.1. The van der Waals surface area contributed by atoms with Crippen molar-refractivity contribution in [3.8, 4) is 0 Å². The highest BCUT2D eigenvalue weighted by molar-refractivity contribution is 14.0. The van der Waals surface area contributed by atoms with Crippen LogP contribution in [0.25, 0.3) is 0 Å². The maximum absolute atomic E-state index is 12.2. The van der Waals surface area contributed by atoms with Gasteiger partial charge in [0.15, 0.2) is 5.96 Å². The molecule has 26 heavy (non-hydrogen) atoms. The molecule has 1 amide bonds. The van der Waals surface area contributed by atoms with Gasteiger partial charge in [-0.3, -0.25) is 4.79 Å². The zero-order valence-corrected chi connectivity index (χ0v) is 18.2. The summed E-state index contributed by atoms with van der Waals surface area (Å²) in [6, 6.07) is 8.00. The van der Waals surface area contributed by atoms with Crippen LogP contribution in [-0.2, 0) is 6.54 Å². The molecule has 0 atom stereocenters. The SMILES string of the molecule is CN(C)CCNC(=O)c1cccc(CN=C(N)NC2CCCCC2)c1.I. The van der Waals surface area contributed by atoms with Crippen molar-refractivity contribution in [3.05, 3.63) is 35.4 Å². The van der Waals surface area contributed by atoms with Crippen molar-refractivity contribution >= 4 is 35.8 Å². The number of hydrogen-bond donors (Lipinski definition) is 3. The van der Waals surface area contributed by atoms with Crippen LogP contribution in [0.15, 0.2) is 29.3 Å². The molecule has 0 aliphatic heterocycles. The van der Waals surface area contributed by atoms with Gasteiger partial charge in [0.25, 0.3) is 5.91 Å². The lowest BCUT2D eigenvalue weighted by Gasteiger charge is -2.23. The minimum absolute atomic E-state index is 0. The number of guanidine groups is 1. The predicted octanol–water partition coefficient (Wildman–Crippen LogP) is 2.33. The number of amides is 1. The molecule has 0 spiro atoms. The summed E-state index contributed by atoms with van der Waals surface area (Å²) in [6.07, 6.45) is 6.17. The van der Waals surface area contributed by atoms with Crippen molar-refractivity contribution in [1.29, 1.82) is 0 Å². The van der Waals surface area contributed by atoms with Gasteiger partial charge in [-0.2, -0.15) is 0 Å². The Bertz CT molecular complexity index is 585. The van der Waals surface area contributed by atoms with Crippen molar-refractivity contribution in [1.82, 2.24) is 15.5 Å². The van der Waals surface area contributed by atoms with E-state index in [0.29, 0.717) is 30.7 Å². The molecule has 1 aromatic carbocycles. The summed E-state index contributed by atoms with van der Waals surface area (Å²) in [5.74, 6) is 0.439. The smallest absolute Gasteiger partial charge is 0.251 e. The molecule has 1 fully saturated rings. The molecule has 6 nitrogen and oxygen atoms in total. The molecule has 0 saturated heterocycles. The van der Waals surface area contributed by atoms with Gasteiger partial charge in [-0.1, -0.05) is 31.4 Å². The van der Waals surface area contributed by atoms with E-state index in [1.165, 1.54) is 32.1 Å². The van der Waals surface area contributed by atoms with E-state index in [-0.39, 0.29) is 29.9 Å². The van der Waals surface area contributed by atoms with Crippen LogP contribution in [0.3, 0.4) is 0 Å². The van der Waals surface area contributed by atoms with Crippen LogP contribution in [0.1, 0.15) is 48.0 Å². The Kier molecular flexibility index (Phi) is 10.6. The third kappa shape index (κ3) is 8.35. The molecular formula is C19H32IN5O. The van der Waals surface area contributed by atoms with E-state index in [1.807, 2.05) is 43.3 Å². The first-order valence-corrected chi connectivity index (χ1v) is 9.13. The monoisotopic (exact) mass is 473 g/mol. The summed E-state index contributed by atoms with van der Waals surface area (Å²) in [6.45, 7) is 1.93. The van der Waals surface area contributed by atoms with Gasteiger partial charge in [-0.25, -0.2) is 4.99 Å². The van der Waals surface area contributed by atoms with Crippen LogP contribution >= 0.6 is 24.0 Å². The summed E-state index contributed by atoms with van der Waals surface area (Å²) in [5.41, 5.74) is 7.64. The van der Waals surface area contributed by atoms with Crippen molar-refractivity contribution in [3.63, 3.8) is 0 Å². The Hall–Kier alpha value is -1.35. The lowest BCUT2D eigenvalue weighted by molar-refractivity contribution is 0.0951. The number of benzene rings is 1. The standard InChI is InChI=1S/C19H31N5O.HI/c1-24(2)12-11-21-18(25)16-8-6-7-15(13-16)14-22-19(20)23-17-9-4-3-5-10-17;/h6-8,13,17H,3-5,9-12,14H2,1-2H3,(H,21,25)(H3,20,22,23);1H. The second kappa shape index (κ2) is 12.1. The third-order valence-electron chi connectivity index (χ3n) is 4.42. The molecule has 1 aliphatic carbocycles. The average Bonchev–Trinajstić information content (AvgIpc) is 2.61. The highest BCUT2D eigenvalue weighted by Crippen LogP contribution is 2.17. The van der Waals surface area contributed by atoms with Crippen LogP contribution in [0.4, 0.5) is 0 Å².